The van der Waals surface area contributed by atoms with Gasteiger partial charge in [0.1, 0.15) is 158 Å². The van der Waals surface area contributed by atoms with Crippen LogP contribution in [0.5, 0.6) is 0 Å². The third-order valence-corrected chi connectivity index (χ3v) is 26.9. The second-order valence-electron chi connectivity index (χ2n) is 33.9. The van der Waals surface area contributed by atoms with E-state index < -0.39 is 288 Å². The van der Waals surface area contributed by atoms with Crippen LogP contribution in [0, 0.1) is 50.2 Å². The molecule has 610 valence electrons. The van der Waals surface area contributed by atoms with Crippen LogP contribution < -0.4 is 0 Å². The van der Waals surface area contributed by atoms with E-state index in [1.54, 1.807) is 0 Å². The van der Waals surface area contributed by atoms with Gasteiger partial charge in [0.05, 0.1) is 58.0 Å². The number of hydrogen-bond acceptors (Lipinski definition) is 36. The molecule has 0 radical (unpaired) electrons. The van der Waals surface area contributed by atoms with Crippen LogP contribution in [-0.2, 0) is 71.1 Å². The van der Waals surface area contributed by atoms with Gasteiger partial charge in [-0.1, -0.05) is 60.1 Å². The number of carbonyl (C=O) groups is 1. The lowest BCUT2D eigenvalue weighted by molar-refractivity contribution is -0.385. The molecule has 7 saturated heterocycles. The first-order valence-electron chi connectivity index (χ1n) is 37.1. The summed E-state index contributed by atoms with van der Waals surface area (Å²) in [5.74, 6) is -1.45. The Morgan fingerprint density at radius 1 is 0.453 bits per heavy atom. The Morgan fingerprint density at radius 3 is 1.60 bits per heavy atom. The van der Waals surface area contributed by atoms with E-state index in [-0.39, 0.29) is 35.5 Å². The minimum Gasteiger partial charge on any atom is -0.432 e. The topological polar surface area (TPSA) is 571 Å². The third-order valence-electron chi connectivity index (χ3n) is 26.9. The van der Waals surface area contributed by atoms with Crippen molar-refractivity contribution in [1.29, 1.82) is 0 Å². The molecule has 42 atom stereocenters. The van der Waals surface area contributed by atoms with Crippen LogP contribution in [0.15, 0.2) is 11.6 Å². The fourth-order valence-electron chi connectivity index (χ4n) is 20.4. The van der Waals surface area contributed by atoms with Gasteiger partial charge in [0.25, 0.3) is 0 Å². The van der Waals surface area contributed by atoms with Crippen molar-refractivity contribution >= 4 is 5.97 Å². The molecule has 0 aromatic heterocycles. The summed E-state index contributed by atoms with van der Waals surface area (Å²) in [6.45, 7) is 12.3. The molecular formula is C70H114O36. The zero-order valence-electron chi connectivity index (χ0n) is 60.6. The Labute approximate surface area is 612 Å². The first-order valence-corrected chi connectivity index (χ1v) is 37.1. The van der Waals surface area contributed by atoms with Crippen LogP contribution in [-0.4, -0.2) is 368 Å². The van der Waals surface area contributed by atoms with E-state index in [1.807, 2.05) is 0 Å². The lowest BCUT2D eigenvalue weighted by Gasteiger charge is -2.71. The lowest BCUT2D eigenvalue weighted by atomic mass is 9.33. The molecule has 0 aromatic carbocycles. The van der Waals surface area contributed by atoms with Crippen molar-refractivity contribution in [2.45, 2.75) is 328 Å². The minimum absolute atomic E-state index is 0.000269. The zero-order chi connectivity index (χ0) is 77.3. The maximum absolute atomic E-state index is 15.4. The van der Waals surface area contributed by atoms with Crippen LogP contribution in [0.25, 0.3) is 0 Å². The number of ether oxygens (including phenoxy) is 14. The van der Waals surface area contributed by atoms with Crippen molar-refractivity contribution in [3.63, 3.8) is 0 Å². The molecule has 0 spiro atoms. The molecule has 0 bridgehead atoms. The SMILES string of the molecule is CC1OC(OC2C(CO)OC(OCC3OC(OC(=O)C45CCC(C)(C)CC4C4=CCC6C7(C)CCC(OC8OCC(O)C(OC9OC(CO)C(OC%10OC(CO)C(O)C(OC%11OCC(O)C(O)C%11O)C%10O)C(O)C9O)C8O)C(C)(C)C7CCC6(C)C4(C)CC5O)C(O)C(O)C3O)C(O)C2O)C(O)C(O)C1O. The Bertz CT molecular complexity index is 3010. The normalized spacial score (nSPS) is 54.6. The summed E-state index contributed by atoms with van der Waals surface area (Å²) >= 11 is 0. The summed E-state index contributed by atoms with van der Waals surface area (Å²) in [5, 5.41) is 231. The monoisotopic (exact) mass is 1530 g/mol. The highest BCUT2D eigenvalue weighted by atomic mass is 16.8. The number of fused-ring (bicyclic) bond motifs is 7. The lowest BCUT2D eigenvalue weighted by Crippen LogP contribution is -2.68. The van der Waals surface area contributed by atoms with Gasteiger partial charge in [-0.25, -0.2) is 0 Å². The molecule has 36 heteroatoms. The van der Waals surface area contributed by atoms with Crippen molar-refractivity contribution in [2.24, 2.45) is 50.2 Å². The van der Waals surface area contributed by atoms with E-state index in [4.69, 9.17) is 66.3 Å². The van der Waals surface area contributed by atoms with Gasteiger partial charge in [0.2, 0.25) is 6.29 Å². The Morgan fingerprint density at radius 2 is 0.962 bits per heavy atom. The number of esters is 1. The van der Waals surface area contributed by atoms with Gasteiger partial charge in [-0.2, -0.15) is 0 Å². The highest BCUT2D eigenvalue weighted by Gasteiger charge is 2.73. The van der Waals surface area contributed by atoms with E-state index in [1.165, 1.54) is 6.92 Å². The summed E-state index contributed by atoms with van der Waals surface area (Å²) in [4.78, 5) is 15.4. The van der Waals surface area contributed by atoms with Crippen LogP contribution >= 0.6 is 0 Å². The molecule has 21 N–H and O–H groups in total. The van der Waals surface area contributed by atoms with Crippen molar-refractivity contribution < 1.29 is 178 Å². The molecule has 106 heavy (non-hydrogen) atoms. The largest absolute Gasteiger partial charge is 0.432 e. The molecule has 7 aliphatic heterocycles. The zero-order valence-corrected chi connectivity index (χ0v) is 60.6. The molecule has 0 aromatic rings. The van der Waals surface area contributed by atoms with E-state index in [2.05, 4.69) is 54.5 Å². The van der Waals surface area contributed by atoms with Crippen LogP contribution in [0.1, 0.15) is 113 Å². The van der Waals surface area contributed by atoms with Crippen molar-refractivity contribution in [2.75, 3.05) is 39.6 Å². The average molecular weight is 1530 g/mol. The summed E-state index contributed by atoms with van der Waals surface area (Å²) in [6, 6.07) is 0. The Balaban J connectivity index is 0.692. The fraction of sp³-hybridized carbons (Fsp3) is 0.957. The quantitative estimate of drug-likeness (QED) is 0.0344. The summed E-state index contributed by atoms with van der Waals surface area (Å²) in [6.07, 6.45) is -52.2. The number of aliphatic hydroxyl groups is 21. The van der Waals surface area contributed by atoms with Gasteiger partial charge in [-0.05, 0) is 110 Å². The van der Waals surface area contributed by atoms with Gasteiger partial charge in [-0.15, -0.1) is 0 Å². The Kier molecular flexibility index (Phi) is 24.8. The minimum atomic E-state index is -2.04. The highest BCUT2D eigenvalue weighted by molar-refractivity contribution is 5.80. The summed E-state index contributed by atoms with van der Waals surface area (Å²) in [5.41, 5.74) is -3.02. The molecule has 4 saturated carbocycles. The third kappa shape index (κ3) is 14.4. The molecule has 42 unspecified atom stereocenters. The first kappa shape index (κ1) is 83.3. The van der Waals surface area contributed by atoms with Crippen molar-refractivity contribution in [3.8, 4) is 0 Å². The molecule has 11 fully saturated rings. The smallest absolute Gasteiger partial charge is 0.317 e. The second kappa shape index (κ2) is 31.6. The number of aliphatic hydroxyl groups excluding tert-OH is 21. The maximum atomic E-state index is 15.4. The first-order chi connectivity index (χ1) is 49.7. The Hall–Kier alpha value is -2.15. The molecule has 7 heterocycles. The van der Waals surface area contributed by atoms with Gasteiger partial charge in [0.15, 0.2) is 37.7 Å². The highest BCUT2D eigenvalue weighted by Crippen LogP contribution is 2.76. The van der Waals surface area contributed by atoms with E-state index in [0.29, 0.717) is 44.9 Å². The van der Waals surface area contributed by atoms with Crippen molar-refractivity contribution in [1.82, 2.24) is 0 Å². The molecule has 12 rings (SSSR count). The van der Waals surface area contributed by atoms with Gasteiger partial charge in [0, 0.05) is 0 Å². The standard InChI is InChI=1S/C70H114O36/c1-25-38(77)42(81)47(86)60(96-25)103-54-31(20-72)98-57(49(88)44(54)83)95-24-33-40(79)43(82)48(87)62(100-33)106-64(92)70-16-15-65(2,3)17-27(70)26-9-10-35-67(6)13-12-37(66(4,5)34(67)11-14-68(35,7)69(26,8)18-36(70)76)101-59-51(90)53(29(75)23-94-59)102-61-50(89)45(84)55(32(21-73)99-61)104-63-52(91)56(41(80)30(19-71)97-63)105-58-46(85)39(78)28(74)22-93-58/h9,25,27-63,71-91H,10-24H2,1-8H3. The molecule has 5 aliphatic carbocycles. The van der Waals surface area contributed by atoms with Crippen molar-refractivity contribution in [3.05, 3.63) is 11.6 Å². The fourth-order valence-corrected chi connectivity index (χ4v) is 20.4. The van der Waals surface area contributed by atoms with Crippen LogP contribution in [0.4, 0.5) is 0 Å². The van der Waals surface area contributed by atoms with Crippen LogP contribution in [0.3, 0.4) is 0 Å². The number of carbonyl (C=O) groups excluding carboxylic acids is 1. The molecule has 0 amide bonds. The average Bonchev–Trinajstić information content (AvgIpc) is 0.672. The van der Waals surface area contributed by atoms with Gasteiger partial charge >= 0.3 is 5.97 Å². The van der Waals surface area contributed by atoms with E-state index in [0.717, 1.165) is 5.57 Å². The summed E-state index contributed by atoms with van der Waals surface area (Å²) < 4.78 is 82.0. The number of hydrogen-bond donors (Lipinski definition) is 21. The van der Waals surface area contributed by atoms with Gasteiger partial charge < -0.3 is 174 Å². The maximum Gasteiger partial charge on any atom is 0.317 e. The number of allylic oxidation sites excluding steroid dienone is 2. The predicted octanol–water partition coefficient (Wildman–Crippen LogP) is -7.29. The number of rotatable bonds is 18. The second-order valence-corrected chi connectivity index (χ2v) is 33.9. The van der Waals surface area contributed by atoms with Gasteiger partial charge in [-0.3, -0.25) is 4.79 Å². The van der Waals surface area contributed by atoms with E-state index >= 15 is 4.79 Å². The predicted molar refractivity (Wildman–Crippen MR) is 349 cm³/mol. The van der Waals surface area contributed by atoms with E-state index in [9.17, 15) is 107 Å². The molecule has 12 aliphatic rings. The van der Waals surface area contributed by atoms with Crippen LogP contribution in [0.2, 0.25) is 0 Å². The summed E-state index contributed by atoms with van der Waals surface area (Å²) in [7, 11) is 0. The molecule has 36 nitrogen and oxygen atoms in total. The molecular weight excluding hydrogens is 1420 g/mol.